The summed E-state index contributed by atoms with van der Waals surface area (Å²) in [5.41, 5.74) is 0.846. The number of Topliss-reactive ketones (excluding diaryl/α,β-unsaturated/α-hetero) is 2. The average Bonchev–Trinajstić information content (AvgIpc) is 3.18. The van der Waals surface area contributed by atoms with Gasteiger partial charge in [-0.15, -0.1) is 0 Å². The molecular weight excluding hydrogens is 813 g/mol. The van der Waals surface area contributed by atoms with Gasteiger partial charge in [-0.25, -0.2) is 4.79 Å². The van der Waals surface area contributed by atoms with Crippen molar-refractivity contribution >= 4 is 85.3 Å². The second-order valence-corrected chi connectivity index (χ2v) is 12.8. The van der Waals surface area contributed by atoms with E-state index in [0.29, 0.717) is 41.6 Å². The minimum atomic E-state index is -1.40. The summed E-state index contributed by atoms with van der Waals surface area (Å²) in [5.74, 6) is -0.343. The number of benzene rings is 2. The number of fused-ring (bicyclic) bond motifs is 6. The Bertz CT molecular complexity index is 1410. The van der Waals surface area contributed by atoms with Crippen molar-refractivity contribution < 1.29 is 29.0 Å². The van der Waals surface area contributed by atoms with Crippen LogP contribution in [-0.2, 0) is 15.1 Å². The molecule has 37 heavy (non-hydrogen) atoms. The molecule has 0 saturated heterocycles. The summed E-state index contributed by atoms with van der Waals surface area (Å²) < 4.78 is 12.7. The highest BCUT2D eigenvalue weighted by Gasteiger charge is 2.57. The summed E-state index contributed by atoms with van der Waals surface area (Å²) in [6.07, 6.45) is 7.09. The molecule has 0 radical (unpaired) electrons. The van der Waals surface area contributed by atoms with Gasteiger partial charge in [0.05, 0.1) is 18.6 Å². The maximum Gasteiger partial charge on any atom is 0.340 e. The van der Waals surface area contributed by atoms with E-state index in [-0.39, 0.29) is 28.6 Å². The predicted octanol–water partition coefficient (Wildman–Crippen LogP) is 7.31. The van der Waals surface area contributed by atoms with Crippen LogP contribution in [0.4, 0.5) is 0 Å². The summed E-state index contributed by atoms with van der Waals surface area (Å²) in [6.45, 7) is 2.14. The molecule has 6 nitrogen and oxygen atoms in total. The number of halogens is 3. The Hall–Kier alpha value is -1.48. The number of aromatic hydroxyl groups is 1. The van der Waals surface area contributed by atoms with Gasteiger partial charge in [-0.2, -0.15) is 0 Å². The maximum atomic E-state index is 13.3. The monoisotopic (exact) mass is 836 g/mol. The Kier molecular flexibility index (Phi) is 7.76. The number of hydrogen-bond acceptors (Lipinski definition) is 6. The van der Waals surface area contributed by atoms with E-state index in [0.717, 1.165) is 32.1 Å². The van der Waals surface area contributed by atoms with Crippen molar-refractivity contribution in [1.29, 1.82) is 0 Å². The molecule has 2 heterocycles. The zero-order valence-corrected chi connectivity index (χ0v) is 26.4. The quantitative estimate of drug-likeness (QED) is 0.104. The first-order valence-electron chi connectivity index (χ1n) is 12.1. The van der Waals surface area contributed by atoms with Crippen molar-refractivity contribution in [3.63, 3.8) is 0 Å². The Morgan fingerprint density at radius 1 is 1.08 bits per heavy atom. The fourth-order valence-corrected chi connectivity index (χ4v) is 7.80. The van der Waals surface area contributed by atoms with Gasteiger partial charge in [0.1, 0.15) is 9.33 Å². The zero-order chi connectivity index (χ0) is 26.5. The number of phenols is 1. The number of ketones is 2. The minimum Gasteiger partial charge on any atom is -0.506 e. The lowest BCUT2D eigenvalue weighted by molar-refractivity contribution is -0.113. The number of hydrogen-bond donors (Lipinski definition) is 1. The third-order valence-electron chi connectivity index (χ3n) is 6.96. The molecule has 2 aliphatic heterocycles. The molecule has 0 fully saturated rings. The highest BCUT2D eigenvalue weighted by Crippen LogP contribution is 2.59. The molecule has 0 amide bonds. The van der Waals surface area contributed by atoms with Crippen LogP contribution in [0.1, 0.15) is 77.3 Å². The summed E-state index contributed by atoms with van der Waals surface area (Å²) in [4.78, 5) is 39.3. The number of ether oxygens (including phenoxy) is 2. The van der Waals surface area contributed by atoms with Crippen LogP contribution < -0.4 is 4.74 Å². The number of phenolic OH excluding ortho intramolecular Hbond substituents is 1. The van der Waals surface area contributed by atoms with Crippen LogP contribution in [0.5, 0.6) is 11.5 Å². The topological polar surface area (TPSA) is 89.9 Å². The van der Waals surface area contributed by atoms with Gasteiger partial charge in [-0.1, -0.05) is 79.5 Å². The van der Waals surface area contributed by atoms with Crippen LogP contribution in [0.2, 0.25) is 0 Å². The van der Waals surface area contributed by atoms with Crippen molar-refractivity contribution in [2.75, 3.05) is 0 Å². The molecule has 0 aromatic heterocycles. The fourth-order valence-electron chi connectivity index (χ4n) is 5.11. The van der Waals surface area contributed by atoms with E-state index in [1.165, 1.54) is 0 Å². The van der Waals surface area contributed by atoms with Gasteiger partial charge >= 0.3 is 5.97 Å². The lowest BCUT2D eigenvalue weighted by Crippen LogP contribution is -2.40. The lowest BCUT2D eigenvalue weighted by Gasteiger charge is -2.41. The van der Waals surface area contributed by atoms with Crippen LogP contribution in [0.25, 0.3) is 0 Å². The Morgan fingerprint density at radius 3 is 2.57 bits per heavy atom. The number of carbonyl (C=O) groups is 3. The van der Waals surface area contributed by atoms with E-state index in [1.807, 2.05) is 57.3 Å². The Morgan fingerprint density at radius 2 is 1.81 bits per heavy atom. The molecule has 3 aliphatic rings. The molecule has 2 aromatic carbocycles. The predicted molar refractivity (Wildman–Crippen MR) is 164 cm³/mol. The van der Waals surface area contributed by atoms with E-state index in [1.54, 1.807) is 24.3 Å². The molecule has 1 N–H and O–H groups in total. The fraction of sp³-hybridized carbons (Fsp3) is 0.321. The van der Waals surface area contributed by atoms with Crippen LogP contribution in [-0.4, -0.2) is 26.6 Å². The van der Waals surface area contributed by atoms with E-state index in [2.05, 4.69) is 29.5 Å². The van der Waals surface area contributed by atoms with Crippen LogP contribution >= 0.6 is 67.8 Å². The third kappa shape index (κ3) is 4.36. The highest BCUT2D eigenvalue weighted by atomic mass is 127. The molecule has 1 aliphatic carbocycles. The normalized spacial score (nSPS) is 21.7. The molecule has 9 heteroatoms. The first-order chi connectivity index (χ1) is 17.7. The van der Waals surface area contributed by atoms with Gasteiger partial charge in [-0.3, -0.25) is 9.59 Å². The molecule has 0 saturated carbocycles. The van der Waals surface area contributed by atoms with E-state index < -0.39 is 15.5 Å². The number of alkyl halides is 1. The first kappa shape index (κ1) is 27.1. The van der Waals surface area contributed by atoms with E-state index in [9.17, 15) is 19.5 Å². The number of carbonyl (C=O) groups excluding carboxylic acids is 3. The maximum absolute atomic E-state index is 13.3. The van der Waals surface area contributed by atoms with Crippen molar-refractivity contribution in [3.05, 3.63) is 77.1 Å². The average molecular weight is 836 g/mol. The first-order valence-corrected chi connectivity index (χ1v) is 15.5. The zero-order valence-electron chi connectivity index (χ0n) is 19.9. The van der Waals surface area contributed by atoms with Gasteiger partial charge in [0.15, 0.2) is 28.7 Å². The highest BCUT2D eigenvalue weighted by molar-refractivity contribution is 14.1. The largest absolute Gasteiger partial charge is 0.506 e. The second kappa shape index (κ2) is 10.6. The van der Waals surface area contributed by atoms with Gasteiger partial charge < -0.3 is 14.6 Å². The minimum absolute atomic E-state index is 0.106. The molecule has 0 bridgehead atoms. The van der Waals surface area contributed by atoms with E-state index >= 15 is 0 Å². The summed E-state index contributed by atoms with van der Waals surface area (Å²) >= 11 is 5.99. The van der Waals surface area contributed by atoms with Crippen molar-refractivity contribution in [3.8, 4) is 11.5 Å². The molecule has 1 spiro atoms. The number of esters is 1. The summed E-state index contributed by atoms with van der Waals surface area (Å²) in [5, 5.41) is 11.1. The Labute approximate surface area is 255 Å². The third-order valence-corrected chi connectivity index (χ3v) is 9.91. The molecule has 5 rings (SSSR count). The molecule has 2 unspecified atom stereocenters. The number of unbranched alkanes of at least 4 members (excludes halogenated alkanes) is 4. The standard InChI is InChI=1S/C28H23I3O6/c1-2-3-4-5-6-11-20(32)15-12-17-25(21(30)23(15)33)36-26-18(13-19(29)24(34)22(26)31)28(17)16-10-8-7-9-14(16)27(35)37-28/h7-10,12-13,19,33H,2-6,11H2,1H3. The number of allylic oxidation sites excluding steroid dienone is 2. The molecule has 192 valence electrons. The van der Waals surface area contributed by atoms with Crippen molar-refractivity contribution in [2.45, 2.75) is 55.0 Å². The Balaban J connectivity index is 1.71. The lowest BCUT2D eigenvalue weighted by atomic mass is 9.74. The second-order valence-electron chi connectivity index (χ2n) is 9.26. The van der Waals surface area contributed by atoms with Crippen LogP contribution in [0.15, 0.2) is 51.3 Å². The van der Waals surface area contributed by atoms with Gasteiger partial charge in [0.2, 0.25) is 0 Å². The van der Waals surface area contributed by atoms with E-state index in [4.69, 9.17) is 9.47 Å². The SMILES string of the molecule is CCCCCCCC(=O)c1cc2c(c(I)c1O)OC1=C(I)C(=O)C(I)C=C1C21OC(=O)c2ccccc21. The van der Waals surface area contributed by atoms with Gasteiger partial charge in [0, 0.05) is 23.1 Å². The smallest absolute Gasteiger partial charge is 0.340 e. The van der Waals surface area contributed by atoms with Crippen molar-refractivity contribution in [2.24, 2.45) is 0 Å². The van der Waals surface area contributed by atoms with Crippen LogP contribution in [0.3, 0.4) is 0 Å². The van der Waals surface area contributed by atoms with Gasteiger partial charge in [0.25, 0.3) is 0 Å². The molecular formula is C28H23I3O6. The van der Waals surface area contributed by atoms with Crippen molar-refractivity contribution in [1.82, 2.24) is 0 Å². The van der Waals surface area contributed by atoms with Gasteiger partial charge in [-0.05, 0) is 63.7 Å². The summed E-state index contributed by atoms with van der Waals surface area (Å²) in [6, 6.07) is 8.75. The molecule has 2 atom stereocenters. The van der Waals surface area contributed by atoms with Crippen LogP contribution in [0, 0.1) is 3.57 Å². The number of rotatable bonds is 7. The molecule has 2 aromatic rings. The summed E-state index contributed by atoms with van der Waals surface area (Å²) in [7, 11) is 0.